The molecule has 0 heterocycles. The Morgan fingerprint density at radius 2 is 1.69 bits per heavy atom. The first-order valence-corrected chi connectivity index (χ1v) is 13.0. The molecule has 0 saturated heterocycles. The molecule has 174 valence electrons. The number of hydrogen-bond donors (Lipinski definition) is 1. The van der Waals surface area contributed by atoms with Gasteiger partial charge in [0.05, 0.1) is 11.9 Å². The predicted octanol–water partition coefficient (Wildman–Crippen LogP) is 3.20. The highest BCUT2D eigenvalue weighted by molar-refractivity contribution is 9.10. The summed E-state index contributed by atoms with van der Waals surface area (Å²) in [5, 5.41) is 2.83. The lowest BCUT2D eigenvalue weighted by molar-refractivity contribution is -0.139. The van der Waals surface area contributed by atoms with Crippen LogP contribution in [0.15, 0.2) is 59.1 Å². The van der Waals surface area contributed by atoms with E-state index in [9.17, 15) is 18.0 Å². The van der Waals surface area contributed by atoms with Crippen molar-refractivity contribution in [3.05, 3.63) is 64.6 Å². The molecule has 1 N–H and O–H groups in total. The average Bonchev–Trinajstić information content (AvgIpc) is 2.71. The summed E-state index contributed by atoms with van der Waals surface area (Å²) in [6.07, 6.45) is 1.60. The van der Waals surface area contributed by atoms with Crippen molar-refractivity contribution in [3.63, 3.8) is 0 Å². The molecular weight excluding hydrogens is 494 g/mol. The van der Waals surface area contributed by atoms with E-state index in [1.165, 1.54) is 4.90 Å². The number of amides is 2. The summed E-state index contributed by atoms with van der Waals surface area (Å²) in [5.41, 5.74) is 1.39. The lowest BCUT2D eigenvalue weighted by Crippen LogP contribution is -2.53. The molecule has 0 aromatic heterocycles. The van der Waals surface area contributed by atoms with Crippen LogP contribution in [0, 0.1) is 0 Å². The summed E-state index contributed by atoms with van der Waals surface area (Å²) >= 11 is 3.34. The molecule has 2 aromatic rings. The minimum atomic E-state index is -3.73. The number of nitrogens with one attached hydrogen (secondary N) is 1. The van der Waals surface area contributed by atoms with Crippen LogP contribution in [0.1, 0.15) is 26.3 Å². The van der Waals surface area contributed by atoms with E-state index in [2.05, 4.69) is 21.2 Å². The molecule has 0 radical (unpaired) electrons. The van der Waals surface area contributed by atoms with E-state index in [1.807, 2.05) is 44.2 Å². The second-order valence-electron chi connectivity index (χ2n) is 7.91. The van der Waals surface area contributed by atoms with Gasteiger partial charge in [-0.3, -0.25) is 13.9 Å². The lowest BCUT2D eigenvalue weighted by Gasteiger charge is -2.32. The monoisotopic (exact) mass is 523 g/mol. The number of sulfonamides is 1. The van der Waals surface area contributed by atoms with Crippen LogP contribution >= 0.6 is 15.9 Å². The van der Waals surface area contributed by atoms with Crippen molar-refractivity contribution in [1.82, 2.24) is 10.2 Å². The van der Waals surface area contributed by atoms with Gasteiger partial charge in [-0.25, -0.2) is 8.42 Å². The summed E-state index contributed by atoms with van der Waals surface area (Å²) in [6, 6.07) is 15.5. The molecule has 2 amide bonds. The zero-order valence-electron chi connectivity index (χ0n) is 18.8. The average molecular weight is 524 g/mol. The van der Waals surface area contributed by atoms with Gasteiger partial charge in [-0.05, 0) is 51.0 Å². The maximum Gasteiger partial charge on any atom is 0.244 e. The Balaban J connectivity index is 2.30. The van der Waals surface area contributed by atoms with Gasteiger partial charge in [0.1, 0.15) is 12.6 Å². The number of halogens is 1. The second-order valence-corrected chi connectivity index (χ2v) is 10.7. The maximum absolute atomic E-state index is 13.3. The van der Waals surface area contributed by atoms with E-state index in [4.69, 9.17) is 0 Å². The first-order chi connectivity index (χ1) is 15.0. The minimum Gasteiger partial charge on any atom is -0.352 e. The van der Waals surface area contributed by atoms with Crippen molar-refractivity contribution in [3.8, 4) is 0 Å². The number of rotatable bonds is 10. The fourth-order valence-electron chi connectivity index (χ4n) is 3.22. The van der Waals surface area contributed by atoms with Crippen LogP contribution in [0.4, 0.5) is 5.69 Å². The zero-order valence-corrected chi connectivity index (χ0v) is 21.2. The molecule has 0 fully saturated rings. The molecule has 0 saturated carbocycles. The Kier molecular flexibility index (Phi) is 9.27. The Bertz CT molecular complexity index is 1030. The highest BCUT2D eigenvalue weighted by atomic mass is 79.9. The topological polar surface area (TPSA) is 86.8 Å². The van der Waals surface area contributed by atoms with E-state index in [0.717, 1.165) is 16.1 Å². The van der Waals surface area contributed by atoms with E-state index < -0.39 is 28.5 Å². The molecule has 0 bridgehead atoms. The normalized spacial score (nSPS) is 12.3. The van der Waals surface area contributed by atoms with E-state index in [-0.39, 0.29) is 18.5 Å². The number of hydrogen-bond acceptors (Lipinski definition) is 4. The lowest BCUT2D eigenvalue weighted by atomic mass is 10.1. The maximum atomic E-state index is 13.3. The summed E-state index contributed by atoms with van der Waals surface area (Å²) in [7, 11) is -3.73. The van der Waals surface area contributed by atoms with Crippen LogP contribution in [-0.2, 0) is 26.0 Å². The van der Waals surface area contributed by atoms with Gasteiger partial charge < -0.3 is 10.2 Å². The molecule has 0 aliphatic rings. The molecule has 0 aliphatic heterocycles. The fraction of sp³-hybridized carbons (Fsp3) is 0.391. The third-order valence-corrected chi connectivity index (χ3v) is 6.49. The predicted molar refractivity (Wildman–Crippen MR) is 131 cm³/mol. The van der Waals surface area contributed by atoms with Crippen molar-refractivity contribution in [2.75, 3.05) is 23.7 Å². The van der Waals surface area contributed by atoms with Crippen LogP contribution in [0.5, 0.6) is 0 Å². The second kappa shape index (κ2) is 11.5. The molecule has 0 spiro atoms. The van der Waals surface area contributed by atoms with Crippen molar-refractivity contribution in [2.24, 2.45) is 0 Å². The molecule has 1 unspecified atom stereocenters. The van der Waals surface area contributed by atoms with Crippen LogP contribution in [-0.4, -0.2) is 56.6 Å². The van der Waals surface area contributed by atoms with Crippen LogP contribution in [0.3, 0.4) is 0 Å². The number of anilines is 1. The number of carbonyl (C=O) groups is 2. The van der Waals surface area contributed by atoms with Gasteiger partial charge >= 0.3 is 0 Å². The van der Waals surface area contributed by atoms with E-state index in [0.29, 0.717) is 16.6 Å². The first-order valence-electron chi connectivity index (χ1n) is 10.4. The van der Waals surface area contributed by atoms with Gasteiger partial charge in [0.2, 0.25) is 21.8 Å². The van der Waals surface area contributed by atoms with E-state index in [1.54, 1.807) is 31.2 Å². The summed E-state index contributed by atoms with van der Waals surface area (Å²) in [6.45, 7) is 5.23. The molecular formula is C23H30BrN3O4S. The van der Waals surface area contributed by atoms with E-state index >= 15 is 0 Å². The minimum absolute atomic E-state index is 0.0785. The van der Waals surface area contributed by atoms with Gasteiger partial charge in [0.15, 0.2) is 0 Å². The third kappa shape index (κ3) is 7.63. The largest absolute Gasteiger partial charge is 0.352 e. The Morgan fingerprint density at radius 3 is 2.25 bits per heavy atom. The third-order valence-electron chi connectivity index (χ3n) is 4.86. The molecule has 0 aliphatic carbocycles. The number of nitrogens with zero attached hydrogens (tertiary/aromatic N) is 2. The quantitative estimate of drug-likeness (QED) is 0.517. The standard InChI is InChI=1S/C23H30BrN3O4S/c1-17(2)25-23(29)18(3)26(14-13-19-9-6-5-7-10-19)22(28)16-27(32(4,30)31)21-12-8-11-20(24)15-21/h5-12,15,17-18H,13-14,16H2,1-4H3,(H,25,29). The Morgan fingerprint density at radius 1 is 1.03 bits per heavy atom. The van der Waals surface area contributed by atoms with Gasteiger partial charge in [-0.2, -0.15) is 0 Å². The van der Waals surface area contributed by atoms with Crippen molar-refractivity contribution in [1.29, 1.82) is 0 Å². The molecule has 1 atom stereocenters. The molecule has 2 aromatic carbocycles. The van der Waals surface area contributed by atoms with Crippen molar-refractivity contribution in [2.45, 2.75) is 39.3 Å². The van der Waals surface area contributed by atoms with Gasteiger partial charge in [-0.15, -0.1) is 0 Å². The Labute approximate surface area is 199 Å². The van der Waals surface area contributed by atoms with Gasteiger partial charge in [0, 0.05) is 17.1 Å². The highest BCUT2D eigenvalue weighted by Gasteiger charge is 2.30. The Hall–Kier alpha value is -2.39. The van der Waals surface area contributed by atoms with Crippen LogP contribution in [0.2, 0.25) is 0 Å². The molecule has 2 rings (SSSR count). The SMILES string of the molecule is CC(C)NC(=O)C(C)N(CCc1ccccc1)C(=O)CN(c1cccc(Br)c1)S(C)(=O)=O. The summed E-state index contributed by atoms with van der Waals surface area (Å²) in [4.78, 5) is 27.4. The van der Waals surface area contributed by atoms with Gasteiger partial charge in [0.25, 0.3) is 0 Å². The zero-order chi connectivity index (χ0) is 23.9. The van der Waals surface area contributed by atoms with Gasteiger partial charge in [-0.1, -0.05) is 52.3 Å². The van der Waals surface area contributed by atoms with Crippen molar-refractivity contribution >= 4 is 43.5 Å². The smallest absolute Gasteiger partial charge is 0.244 e. The number of benzene rings is 2. The molecule has 32 heavy (non-hydrogen) atoms. The van der Waals surface area contributed by atoms with Crippen LogP contribution in [0.25, 0.3) is 0 Å². The number of carbonyl (C=O) groups excluding carboxylic acids is 2. The molecule has 9 heteroatoms. The van der Waals surface area contributed by atoms with Crippen LogP contribution < -0.4 is 9.62 Å². The highest BCUT2D eigenvalue weighted by Crippen LogP contribution is 2.22. The summed E-state index contributed by atoms with van der Waals surface area (Å²) in [5.74, 6) is -0.729. The first kappa shape index (κ1) is 25.9. The van der Waals surface area contributed by atoms with Crippen molar-refractivity contribution < 1.29 is 18.0 Å². The summed E-state index contributed by atoms with van der Waals surface area (Å²) < 4.78 is 26.7. The molecule has 7 nitrogen and oxygen atoms in total. The fourth-order valence-corrected chi connectivity index (χ4v) is 4.45.